The molecule has 0 heterocycles. The van der Waals surface area contributed by atoms with Gasteiger partial charge in [-0.1, -0.05) is 75.7 Å². The molecule has 0 radical (unpaired) electrons. The van der Waals surface area contributed by atoms with E-state index in [9.17, 15) is 5.11 Å². The normalized spacial score (nSPS) is 10.8. The molecule has 0 fully saturated rings. The van der Waals surface area contributed by atoms with E-state index in [0.717, 1.165) is 0 Å². The second-order valence-corrected chi connectivity index (χ2v) is 5.93. The molecule has 0 atom stereocenters. The van der Waals surface area contributed by atoms with Crippen LogP contribution in [0.1, 0.15) is 0 Å². The summed E-state index contributed by atoms with van der Waals surface area (Å²) in [5.41, 5.74) is 0.909. The summed E-state index contributed by atoms with van der Waals surface area (Å²) in [6, 6.07) is 4.69. The van der Waals surface area contributed by atoms with Crippen LogP contribution in [0.25, 0.3) is 11.1 Å². The first-order valence-corrected chi connectivity index (χ1v) is 7.11. The van der Waals surface area contributed by atoms with Gasteiger partial charge in [-0.05, 0) is 12.1 Å². The Morgan fingerprint density at radius 1 is 0.632 bits per heavy atom. The molecular weight excluding hydrogens is 373 g/mol. The van der Waals surface area contributed by atoms with E-state index < -0.39 is 0 Å². The van der Waals surface area contributed by atoms with Crippen LogP contribution in [-0.4, -0.2) is 5.11 Å². The summed E-state index contributed by atoms with van der Waals surface area (Å²) in [6.45, 7) is 0. The molecule has 0 amide bonds. The van der Waals surface area contributed by atoms with Gasteiger partial charge in [0, 0.05) is 11.1 Å². The van der Waals surface area contributed by atoms with Gasteiger partial charge in [-0.25, -0.2) is 0 Å². The summed E-state index contributed by atoms with van der Waals surface area (Å²) >= 11 is 35.7. The molecule has 1 N–H and O–H groups in total. The van der Waals surface area contributed by atoms with E-state index in [0.29, 0.717) is 16.1 Å². The summed E-state index contributed by atoms with van der Waals surface area (Å²) in [5.74, 6) is -0.312. The van der Waals surface area contributed by atoms with Crippen LogP contribution >= 0.6 is 69.6 Å². The first kappa shape index (κ1) is 15.4. The maximum Gasteiger partial charge on any atom is 0.154 e. The molecule has 0 unspecified atom stereocenters. The molecule has 0 aliphatic heterocycles. The number of benzene rings is 2. The van der Waals surface area contributed by atoms with Gasteiger partial charge in [0.15, 0.2) is 5.75 Å². The highest BCUT2D eigenvalue weighted by Gasteiger charge is 2.18. The molecule has 2 rings (SSSR count). The predicted molar refractivity (Wildman–Crippen MR) is 83.6 cm³/mol. The molecule has 1 nitrogen and oxygen atoms in total. The maximum absolute atomic E-state index is 9.79. The van der Waals surface area contributed by atoms with E-state index in [1.807, 2.05) is 0 Å². The van der Waals surface area contributed by atoms with Crippen LogP contribution in [-0.2, 0) is 0 Å². The number of phenolic OH excluding ortho intramolecular Hbond substituents is 1. The minimum absolute atomic E-state index is 0.0217. The van der Waals surface area contributed by atoms with Crippen LogP contribution in [0.15, 0.2) is 18.2 Å². The van der Waals surface area contributed by atoms with Crippen LogP contribution in [0.2, 0.25) is 30.1 Å². The fraction of sp³-hybridized carbons (Fsp3) is 0. The smallest absolute Gasteiger partial charge is 0.154 e. The molecule has 7 heteroatoms. The number of hydrogen-bond donors (Lipinski definition) is 1. The van der Waals surface area contributed by atoms with Crippen molar-refractivity contribution >= 4 is 69.6 Å². The Hall–Kier alpha value is -0.0200. The lowest BCUT2D eigenvalue weighted by molar-refractivity contribution is 0.476. The Kier molecular flexibility index (Phi) is 4.67. The topological polar surface area (TPSA) is 20.2 Å². The van der Waals surface area contributed by atoms with Crippen molar-refractivity contribution in [3.63, 3.8) is 0 Å². The van der Waals surface area contributed by atoms with Gasteiger partial charge in [0.2, 0.25) is 0 Å². The standard InChI is InChI=1S/C12H4Cl6O/c13-6-2-1-4(8(15)10(6)17)5-3-7(14)11(18)12(19)9(5)16/h1-3,19H. The molecule has 100 valence electrons. The van der Waals surface area contributed by atoms with Crippen LogP contribution in [0.4, 0.5) is 0 Å². The molecule has 2 aromatic rings. The average Bonchev–Trinajstić information content (AvgIpc) is 2.39. The zero-order chi connectivity index (χ0) is 14.3. The third-order valence-electron chi connectivity index (χ3n) is 2.46. The molecule has 19 heavy (non-hydrogen) atoms. The second-order valence-electron chi connectivity index (χ2n) is 3.61. The van der Waals surface area contributed by atoms with Crippen LogP contribution < -0.4 is 0 Å². The lowest BCUT2D eigenvalue weighted by Gasteiger charge is -2.12. The lowest BCUT2D eigenvalue weighted by Crippen LogP contribution is -1.86. The van der Waals surface area contributed by atoms with E-state index in [-0.39, 0.29) is 30.9 Å². The highest BCUT2D eigenvalue weighted by Crippen LogP contribution is 2.47. The number of aromatic hydroxyl groups is 1. The highest BCUT2D eigenvalue weighted by molar-refractivity contribution is 6.50. The molecule has 0 saturated heterocycles. The molecule has 2 aromatic carbocycles. The number of hydrogen-bond acceptors (Lipinski definition) is 1. The van der Waals surface area contributed by atoms with E-state index in [2.05, 4.69) is 0 Å². The van der Waals surface area contributed by atoms with E-state index in [4.69, 9.17) is 69.6 Å². The van der Waals surface area contributed by atoms with Gasteiger partial charge in [0.05, 0.1) is 25.1 Å². The molecule has 0 aliphatic rings. The average molecular weight is 377 g/mol. The minimum Gasteiger partial charge on any atom is -0.505 e. The van der Waals surface area contributed by atoms with Crippen LogP contribution in [0.5, 0.6) is 5.75 Å². The molecule has 0 aromatic heterocycles. The third kappa shape index (κ3) is 2.73. The van der Waals surface area contributed by atoms with Crippen molar-refractivity contribution < 1.29 is 5.11 Å². The Bertz CT molecular complexity index is 668. The molecule has 0 bridgehead atoms. The van der Waals surface area contributed by atoms with E-state index >= 15 is 0 Å². The third-order valence-corrected chi connectivity index (χ3v) is 4.91. The van der Waals surface area contributed by atoms with Crippen LogP contribution in [0.3, 0.4) is 0 Å². The van der Waals surface area contributed by atoms with Gasteiger partial charge in [-0.2, -0.15) is 0 Å². The predicted octanol–water partition coefficient (Wildman–Crippen LogP) is 6.98. The monoisotopic (exact) mass is 374 g/mol. The summed E-state index contributed by atoms with van der Waals surface area (Å²) in [6.07, 6.45) is 0. The highest BCUT2D eigenvalue weighted by atomic mass is 35.5. The van der Waals surface area contributed by atoms with Crippen molar-refractivity contribution in [2.75, 3.05) is 0 Å². The van der Waals surface area contributed by atoms with E-state index in [1.165, 1.54) is 6.07 Å². The van der Waals surface area contributed by atoms with Crippen molar-refractivity contribution in [3.8, 4) is 16.9 Å². The summed E-state index contributed by atoms with van der Waals surface area (Å²) in [5, 5.41) is 10.7. The largest absolute Gasteiger partial charge is 0.505 e. The maximum atomic E-state index is 9.79. The summed E-state index contributed by atoms with van der Waals surface area (Å²) in [7, 11) is 0. The molecule has 0 spiro atoms. The van der Waals surface area contributed by atoms with Crippen molar-refractivity contribution in [2.45, 2.75) is 0 Å². The van der Waals surface area contributed by atoms with Gasteiger partial charge in [-0.15, -0.1) is 0 Å². The first-order valence-electron chi connectivity index (χ1n) is 4.85. The number of phenols is 1. The SMILES string of the molecule is Oc1c(Cl)c(Cl)cc(-c2ccc(Cl)c(Cl)c2Cl)c1Cl. The molecule has 0 aliphatic carbocycles. The van der Waals surface area contributed by atoms with Crippen molar-refractivity contribution in [1.82, 2.24) is 0 Å². The van der Waals surface area contributed by atoms with Gasteiger partial charge < -0.3 is 5.11 Å². The summed E-state index contributed by atoms with van der Waals surface area (Å²) in [4.78, 5) is 0. The number of rotatable bonds is 1. The minimum atomic E-state index is -0.312. The second kappa shape index (κ2) is 5.77. The Labute approximate surface area is 139 Å². The Balaban J connectivity index is 2.77. The van der Waals surface area contributed by atoms with E-state index in [1.54, 1.807) is 12.1 Å². The Morgan fingerprint density at radius 2 is 1.26 bits per heavy atom. The van der Waals surface area contributed by atoms with Gasteiger partial charge in [0.25, 0.3) is 0 Å². The van der Waals surface area contributed by atoms with Crippen LogP contribution in [0, 0.1) is 0 Å². The zero-order valence-electron chi connectivity index (χ0n) is 8.95. The van der Waals surface area contributed by atoms with Crippen molar-refractivity contribution in [1.29, 1.82) is 0 Å². The fourth-order valence-electron chi connectivity index (χ4n) is 1.52. The van der Waals surface area contributed by atoms with Gasteiger partial charge >= 0.3 is 0 Å². The zero-order valence-corrected chi connectivity index (χ0v) is 13.5. The number of halogens is 6. The Morgan fingerprint density at radius 3 is 1.89 bits per heavy atom. The van der Waals surface area contributed by atoms with Crippen molar-refractivity contribution in [2.24, 2.45) is 0 Å². The fourth-order valence-corrected chi connectivity index (χ4v) is 2.80. The van der Waals surface area contributed by atoms with Gasteiger partial charge in [-0.3, -0.25) is 0 Å². The quantitative estimate of drug-likeness (QED) is 0.420. The lowest BCUT2D eigenvalue weighted by atomic mass is 10.1. The molecular formula is C12H4Cl6O. The first-order chi connectivity index (χ1) is 8.84. The molecule has 0 saturated carbocycles. The van der Waals surface area contributed by atoms with Crippen molar-refractivity contribution in [3.05, 3.63) is 48.3 Å². The summed E-state index contributed by atoms with van der Waals surface area (Å²) < 4.78 is 0. The van der Waals surface area contributed by atoms with Gasteiger partial charge in [0.1, 0.15) is 5.02 Å².